The molecule has 0 fully saturated rings. The van der Waals surface area contributed by atoms with E-state index in [1.165, 1.54) is 10.7 Å². The van der Waals surface area contributed by atoms with Crippen LogP contribution in [0.4, 0.5) is 8.78 Å². The third-order valence-corrected chi connectivity index (χ3v) is 4.90. The molecule has 1 N–H and O–H groups in total. The SMILES string of the molecule is Cc1nn(-c2ccc(F)cc2F)c(C)c1C(=O)NC(C)c1ccc(Br)cc1. The molecule has 0 bridgehead atoms. The van der Waals surface area contributed by atoms with Crippen LogP contribution in [0.5, 0.6) is 0 Å². The number of aromatic nitrogens is 2. The average Bonchev–Trinajstić information content (AvgIpc) is 2.89. The summed E-state index contributed by atoms with van der Waals surface area (Å²) in [5, 5.41) is 7.21. The van der Waals surface area contributed by atoms with Crippen molar-refractivity contribution < 1.29 is 13.6 Å². The number of amides is 1. The predicted molar refractivity (Wildman–Crippen MR) is 103 cm³/mol. The molecule has 4 nitrogen and oxygen atoms in total. The van der Waals surface area contributed by atoms with Gasteiger partial charge >= 0.3 is 0 Å². The fourth-order valence-electron chi connectivity index (χ4n) is 2.96. The first kappa shape index (κ1) is 19.2. The number of nitrogens with one attached hydrogen (secondary N) is 1. The van der Waals surface area contributed by atoms with Crippen LogP contribution in [0.3, 0.4) is 0 Å². The largest absolute Gasteiger partial charge is 0.345 e. The topological polar surface area (TPSA) is 46.9 Å². The van der Waals surface area contributed by atoms with Crippen molar-refractivity contribution in [2.24, 2.45) is 0 Å². The van der Waals surface area contributed by atoms with E-state index in [1.807, 2.05) is 31.2 Å². The van der Waals surface area contributed by atoms with Crippen molar-refractivity contribution in [1.29, 1.82) is 0 Å². The van der Waals surface area contributed by atoms with Gasteiger partial charge in [0.1, 0.15) is 11.5 Å². The quantitative estimate of drug-likeness (QED) is 0.627. The fourth-order valence-corrected chi connectivity index (χ4v) is 3.23. The smallest absolute Gasteiger partial charge is 0.255 e. The van der Waals surface area contributed by atoms with Crippen molar-refractivity contribution in [2.45, 2.75) is 26.8 Å². The molecular weight excluding hydrogens is 416 g/mol. The summed E-state index contributed by atoms with van der Waals surface area (Å²) in [6, 6.07) is 10.7. The maximum atomic E-state index is 14.1. The molecule has 2 aromatic carbocycles. The highest BCUT2D eigenvalue weighted by molar-refractivity contribution is 9.10. The Morgan fingerprint density at radius 3 is 2.44 bits per heavy atom. The average molecular weight is 434 g/mol. The number of aryl methyl sites for hydroxylation is 1. The fraction of sp³-hybridized carbons (Fsp3) is 0.200. The molecule has 3 aromatic rings. The van der Waals surface area contributed by atoms with Crippen molar-refractivity contribution in [3.8, 4) is 5.69 Å². The van der Waals surface area contributed by atoms with Gasteiger partial charge in [-0.15, -0.1) is 0 Å². The lowest BCUT2D eigenvalue weighted by Crippen LogP contribution is -2.27. The summed E-state index contributed by atoms with van der Waals surface area (Å²) in [5.74, 6) is -1.70. The second kappa shape index (κ2) is 7.60. The van der Waals surface area contributed by atoms with Crippen LogP contribution in [0.25, 0.3) is 5.69 Å². The van der Waals surface area contributed by atoms with Crippen LogP contribution in [-0.4, -0.2) is 15.7 Å². The summed E-state index contributed by atoms with van der Waals surface area (Å²) in [5.41, 5.74) is 2.38. The second-order valence-electron chi connectivity index (χ2n) is 6.30. The van der Waals surface area contributed by atoms with Crippen LogP contribution >= 0.6 is 15.9 Å². The second-order valence-corrected chi connectivity index (χ2v) is 7.22. The molecule has 0 saturated carbocycles. The van der Waals surface area contributed by atoms with E-state index >= 15 is 0 Å². The van der Waals surface area contributed by atoms with Crippen LogP contribution in [0.1, 0.15) is 40.3 Å². The first-order valence-corrected chi connectivity index (χ1v) is 9.15. The zero-order valence-electron chi connectivity index (χ0n) is 15.1. The molecule has 0 spiro atoms. The van der Waals surface area contributed by atoms with Gasteiger partial charge in [-0.05, 0) is 50.6 Å². The molecule has 1 aromatic heterocycles. The minimum absolute atomic E-state index is 0.0945. The van der Waals surface area contributed by atoms with Gasteiger partial charge < -0.3 is 5.32 Å². The van der Waals surface area contributed by atoms with Gasteiger partial charge in [-0.2, -0.15) is 5.10 Å². The number of hydrogen-bond acceptors (Lipinski definition) is 2. The number of carbonyl (C=O) groups is 1. The van der Waals surface area contributed by atoms with Crippen molar-refractivity contribution in [3.63, 3.8) is 0 Å². The summed E-state index contributed by atoms with van der Waals surface area (Å²) >= 11 is 3.38. The van der Waals surface area contributed by atoms with E-state index in [0.29, 0.717) is 17.0 Å². The van der Waals surface area contributed by atoms with E-state index in [2.05, 4.69) is 26.3 Å². The molecule has 0 aliphatic heterocycles. The first-order chi connectivity index (χ1) is 12.8. The molecule has 0 aliphatic rings. The Hall–Kier alpha value is -2.54. The summed E-state index contributed by atoms with van der Waals surface area (Å²) in [6.45, 7) is 5.25. The van der Waals surface area contributed by atoms with E-state index < -0.39 is 11.6 Å². The molecule has 27 heavy (non-hydrogen) atoms. The van der Waals surface area contributed by atoms with Gasteiger partial charge in [-0.1, -0.05) is 28.1 Å². The molecule has 7 heteroatoms. The van der Waals surface area contributed by atoms with Gasteiger partial charge in [0.2, 0.25) is 0 Å². The standard InChI is InChI=1S/C20H18BrF2N3O/c1-11(14-4-6-15(21)7-5-14)24-20(27)19-12(2)25-26(13(19)3)18-9-8-16(22)10-17(18)23/h4-11H,1-3H3,(H,24,27). The van der Waals surface area contributed by atoms with E-state index in [4.69, 9.17) is 0 Å². The summed E-state index contributed by atoms with van der Waals surface area (Å²) < 4.78 is 29.6. The Bertz CT molecular complexity index is 999. The lowest BCUT2D eigenvalue weighted by atomic mass is 10.1. The highest BCUT2D eigenvalue weighted by atomic mass is 79.9. The van der Waals surface area contributed by atoms with E-state index in [-0.39, 0.29) is 17.6 Å². The lowest BCUT2D eigenvalue weighted by molar-refractivity contribution is 0.0938. The molecule has 3 rings (SSSR count). The number of hydrogen-bond donors (Lipinski definition) is 1. The Balaban J connectivity index is 1.89. The van der Waals surface area contributed by atoms with Gasteiger partial charge in [0.05, 0.1) is 23.0 Å². The van der Waals surface area contributed by atoms with E-state index in [9.17, 15) is 13.6 Å². The number of carbonyl (C=O) groups excluding carboxylic acids is 1. The van der Waals surface area contributed by atoms with Crippen molar-refractivity contribution in [2.75, 3.05) is 0 Å². The Kier molecular flexibility index (Phi) is 5.41. The van der Waals surface area contributed by atoms with Gasteiger partial charge in [0, 0.05) is 10.5 Å². The van der Waals surface area contributed by atoms with Crippen LogP contribution < -0.4 is 5.32 Å². The molecule has 1 unspecified atom stereocenters. The molecular formula is C20H18BrF2N3O. The minimum atomic E-state index is -0.740. The van der Waals surface area contributed by atoms with Crippen LogP contribution in [0.2, 0.25) is 0 Å². The van der Waals surface area contributed by atoms with Gasteiger partial charge in [0.25, 0.3) is 5.91 Å². The maximum absolute atomic E-state index is 14.1. The summed E-state index contributed by atoms with van der Waals surface area (Å²) in [4.78, 5) is 12.8. The number of benzene rings is 2. The van der Waals surface area contributed by atoms with Gasteiger partial charge in [-0.25, -0.2) is 13.5 Å². The summed E-state index contributed by atoms with van der Waals surface area (Å²) in [7, 11) is 0. The van der Waals surface area contributed by atoms with Crippen molar-refractivity contribution >= 4 is 21.8 Å². The van der Waals surface area contributed by atoms with Crippen LogP contribution in [0, 0.1) is 25.5 Å². The Morgan fingerprint density at radius 1 is 1.15 bits per heavy atom. The molecule has 1 atom stereocenters. The zero-order valence-corrected chi connectivity index (χ0v) is 16.6. The van der Waals surface area contributed by atoms with Crippen molar-refractivity contribution in [1.82, 2.24) is 15.1 Å². The van der Waals surface area contributed by atoms with E-state index in [1.54, 1.807) is 13.8 Å². The maximum Gasteiger partial charge on any atom is 0.255 e. The third kappa shape index (κ3) is 3.93. The highest BCUT2D eigenvalue weighted by Crippen LogP contribution is 2.22. The minimum Gasteiger partial charge on any atom is -0.345 e. The summed E-state index contributed by atoms with van der Waals surface area (Å²) in [6.07, 6.45) is 0. The number of nitrogens with zero attached hydrogens (tertiary/aromatic N) is 2. The first-order valence-electron chi connectivity index (χ1n) is 8.36. The third-order valence-electron chi connectivity index (χ3n) is 4.37. The van der Waals surface area contributed by atoms with Crippen molar-refractivity contribution in [3.05, 3.63) is 81.1 Å². The van der Waals surface area contributed by atoms with Gasteiger partial charge in [-0.3, -0.25) is 4.79 Å². The normalized spacial score (nSPS) is 12.1. The molecule has 1 heterocycles. The van der Waals surface area contributed by atoms with Crippen LogP contribution in [-0.2, 0) is 0 Å². The predicted octanol–water partition coefficient (Wildman–Crippen LogP) is 5.02. The monoisotopic (exact) mass is 433 g/mol. The highest BCUT2D eigenvalue weighted by Gasteiger charge is 2.22. The number of halogens is 3. The Labute approximate surface area is 164 Å². The van der Waals surface area contributed by atoms with Crippen LogP contribution in [0.15, 0.2) is 46.9 Å². The molecule has 1 amide bonds. The molecule has 0 saturated heterocycles. The zero-order chi connectivity index (χ0) is 19.7. The molecule has 0 aliphatic carbocycles. The molecule has 140 valence electrons. The number of rotatable bonds is 4. The molecule has 0 radical (unpaired) electrons. The Morgan fingerprint density at radius 2 is 1.81 bits per heavy atom. The van der Waals surface area contributed by atoms with Gasteiger partial charge in [0.15, 0.2) is 5.82 Å². The van der Waals surface area contributed by atoms with E-state index in [0.717, 1.165) is 22.2 Å². The lowest BCUT2D eigenvalue weighted by Gasteiger charge is -2.15.